The number of aryl methyl sites for hydroxylation is 1. The minimum absolute atomic E-state index is 0.256. The van der Waals surface area contributed by atoms with Crippen LogP contribution >= 0.6 is 0 Å². The summed E-state index contributed by atoms with van der Waals surface area (Å²) in [7, 11) is 2.76. The fourth-order valence-corrected chi connectivity index (χ4v) is 3.89. The second-order valence-electron chi connectivity index (χ2n) is 6.41. The molecule has 2 aliphatic heterocycles. The van der Waals surface area contributed by atoms with Gasteiger partial charge in [-0.1, -0.05) is 24.3 Å². The van der Waals surface area contributed by atoms with Crippen LogP contribution in [0.3, 0.4) is 0 Å². The Morgan fingerprint density at radius 3 is 2.52 bits per heavy atom. The molecule has 0 aromatic heterocycles. The van der Waals surface area contributed by atoms with Crippen LogP contribution in [0.4, 0.5) is 0 Å². The fourth-order valence-electron chi connectivity index (χ4n) is 3.89. The monoisotopic (exact) mass is 316 g/mol. The van der Waals surface area contributed by atoms with Crippen LogP contribution in [0.15, 0.2) is 24.3 Å². The quantitative estimate of drug-likeness (QED) is 0.645. The largest absolute Gasteiger partial charge is 0.468 e. The van der Waals surface area contributed by atoms with Gasteiger partial charge in [-0.2, -0.15) is 0 Å². The third kappa shape index (κ3) is 2.01. The van der Waals surface area contributed by atoms with Crippen LogP contribution in [0, 0.1) is 18.8 Å². The molecule has 23 heavy (non-hydrogen) atoms. The zero-order chi connectivity index (χ0) is 16.9. The van der Waals surface area contributed by atoms with E-state index >= 15 is 0 Å². The zero-order valence-corrected chi connectivity index (χ0v) is 13.6. The summed E-state index contributed by atoms with van der Waals surface area (Å²) < 4.78 is 4.90. The second-order valence-corrected chi connectivity index (χ2v) is 6.41. The van der Waals surface area contributed by atoms with E-state index in [1.165, 1.54) is 14.2 Å². The van der Waals surface area contributed by atoms with Crippen molar-refractivity contribution in [3.63, 3.8) is 0 Å². The molecule has 6 nitrogen and oxygen atoms in total. The third-order valence-electron chi connectivity index (χ3n) is 5.14. The van der Waals surface area contributed by atoms with Crippen molar-refractivity contribution in [3.8, 4) is 0 Å². The lowest BCUT2D eigenvalue weighted by Crippen LogP contribution is -2.53. The molecule has 2 amide bonds. The molecule has 0 saturated carbocycles. The Hall–Kier alpha value is -2.21. The predicted octanol–water partition coefficient (Wildman–Crippen LogP) is 0.802. The third-order valence-corrected chi connectivity index (χ3v) is 5.14. The van der Waals surface area contributed by atoms with Gasteiger partial charge in [0, 0.05) is 13.1 Å². The summed E-state index contributed by atoms with van der Waals surface area (Å²) in [6.07, 6.45) is 0. The molecule has 2 heterocycles. The minimum atomic E-state index is -1.22. The van der Waals surface area contributed by atoms with Crippen molar-refractivity contribution < 1.29 is 19.1 Å². The number of carbonyl (C=O) groups is 3. The van der Waals surface area contributed by atoms with Gasteiger partial charge in [-0.3, -0.25) is 24.6 Å². The standard InChI is InChI=1S/C17H20N2O4/c1-9-7-5-6-8-10(9)13-11-12(15(21)19(3)14(11)20)17(2,18-13)16(22)23-4/h5-8,11-13,18H,1-4H3/t11-,12-,13-,17-/m1/s1. The Bertz CT molecular complexity index is 702. The molecule has 2 aliphatic rings. The number of likely N-dealkylation sites (tertiary alicyclic amines) is 1. The summed E-state index contributed by atoms with van der Waals surface area (Å²) in [5, 5.41) is 3.22. The highest BCUT2D eigenvalue weighted by molar-refractivity contribution is 6.09. The molecule has 122 valence electrons. The summed E-state index contributed by atoms with van der Waals surface area (Å²) in [4.78, 5) is 38.6. The lowest BCUT2D eigenvalue weighted by atomic mass is 9.80. The van der Waals surface area contributed by atoms with Crippen LogP contribution in [0.2, 0.25) is 0 Å². The Morgan fingerprint density at radius 1 is 1.26 bits per heavy atom. The molecule has 0 unspecified atom stereocenters. The Balaban J connectivity index is 2.14. The summed E-state index contributed by atoms with van der Waals surface area (Å²) in [6, 6.07) is 7.27. The Kier molecular flexibility index (Phi) is 3.52. The van der Waals surface area contributed by atoms with Crippen LogP contribution in [0.1, 0.15) is 24.1 Å². The van der Waals surface area contributed by atoms with Gasteiger partial charge in [0.05, 0.1) is 18.9 Å². The first-order valence-electron chi connectivity index (χ1n) is 7.56. The number of fused-ring (bicyclic) bond motifs is 1. The molecule has 2 saturated heterocycles. The van der Waals surface area contributed by atoms with E-state index in [9.17, 15) is 14.4 Å². The number of rotatable bonds is 2. The lowest BCUT2D eigenvalue weighted by molar-refractivity contribution is -0.152. The summed E-state index contributed by atoms with van der Waals surface area (Å²) in [5.41, 5.74) is 0.711. The summed E-state index contributed by atoms with van der Waals surface area (Å²) in [5.74, 6) is -2.47. The van der Waals surface area contributed by atoms with Gasteiger partial charge in [0.2, 0.25) is 11.8 Å². The van der Waals surface area contributed by atoms with Crippen LogP contribution in [-0.4, -0.2) is 42.4 Å². The number of ether oxygens (including phenoxy) is 1. The van der Waals surface area contributed by atoms with Gasteiger partial charge < -0.3 is 4.74 Å². The smallest absolute Gasteiger partial charge is 0.326 e. The fraction of sp³-hybridized carbons (Fsp3) is 0.471. The number of carbonyl (C=O) groups excluding carboxylic acids is 3. The topological polar surface area (TPSA) is 75.7 Å². The highest BCUT2D eigenvalue weighted by atomic mass is 16.5. The van der Waals surface area contributed by atoms with E-state index in [0.29, 0.717) is 0 Å². The van der Waals surface area contributed by atoms with Crippen LogP contribution in [0.25, 0.3) is 0 Å². The molecule has 4 atom stereocenters. The molecule has 3 rings (SSSR count). The molecule has 6 heteroatoms. The summed E-state index contributed by atoms with van der Waals surface area (Å²) in [6.45, 7) is 3.59. The van der Waals surface area contributed by atoms with Crippen molar-refractivity contribution in [3.05, 3.63) is 35.4 Å². The highest BCUT2D eigenvalue weighted by Crippen LogP contribution is 2.49. The van der Waals surface area contributed by atoms with Gasteiger partial charge in [-0.05, 0) is 25.0 Å². The Labute approximate surface area is 134 Å². The Morgan fingerprint density at radius 2 is 1.91 bits per heavy atom. The number of imide groups is 1. The summed E-state index contributed by atoms with van der Waals surface area (Å²) >= 11 is 0. The first-order valence-corrected chi connectivity index (χ1v) is 7.56. The molecule has 1 aromatic rings. The molecule has 0 spiro atoms. The zero-order valence-electron chi connectivity index (χ0n) is 13.6. The van der Waals surface area contributed by atoms with Gasteiger partial charge in [-0.25, -0.2) is 0 Å². The number of amides is 2. The number of benzene rings is 1. The maximum absolute atomic E-state index is 12.6. The second kappa shape index (κ2) is 5.16. The molecule has 0 radical (unpaired) electrons. The van der Waals surface area contributed by atoms with Crippen molar-refractivity contribution in [1.29, 1.82) is 0 Å². The number of hydrogen-bond acceptors (Lipinski definition) is 5. The van der Waals surface area contributed by atoms with Crippen LogP contribution in [-0.2, 0) is 19.1 Å². The minimum Gasteiger partial charge on any atom is -0.468 e. The van der Waals surface area contributed by atoms with Gasteiger partial charge in [0.15, 0.2) is 0 Å². The molecular weight excluding hydrogens is 296 g/mol. The average molecular weight is 316 g/mol. The molecular formula is C17H20N2O4. The first kappa shape index (κ1) is 15.7. The van der Waals surface area contributed by atoms with E-state index in [2.05, 4.69) is 5.32 Å². The SMILES string of the molecule is COC(=O)[C@]1(C)N[C@H](c2ccccc2C)[C@@H]2C(=O)N(C)C(=O)[C@@H]21. The number of nitrogens with one attached hydrogen (secondary N) is 1. The molecule has 1 N–H and O–H groups in total. The van der Waals surface area contributed by atoms with Crippen molar-refractivity contribution in [1.82, 2.24) is 10.2 Å². The maximum atomic E-state index is 12.6. The van der Waals surface area contributed by atoms with Gasteiger partial charge >= 0.3 is 5.97 Å². The normalized spacial score (nSPS) is 33.0. The number of hydrogen-bond donors (Lipinski definition) is 1. The molecule has 0 aliphatic carbocycles. The van der Waals surface area contributed by atoms with E-state index in [-0.39, 0.29) is 11.8 Å². The van der Waals surface area contributed by atoms with Gasteiger partial charge in [-0.15, -0.1) is 0 Å². The predicted molar refractivity (Wildman–Crippen MR) is 82.2 cm³/mol. The number of nitrogens with zero attached hydrogens (tertiary/aromatic N) is 1. The van der Waals surface area contributed by atoms with Crippen LogP contribution < -0.4 is 5.32 Å². The molecule has 0 bridgehead atoms. The van der Waals surface area contributed by atoms with Crippen molar-refractivity contribution in [2.24, 2.45) is 11.8 Å². The van der Waals surface area contributed by atoms with E-state index in [0.717, 1.165) is 16.0 Å². The average Bonchev–Trinajstić information content (AvgIpc) is 2.97. The van der Waals surface area contributed by atoms with Gasteiger partial charge in [0.25, 0.3) is 0 Å². The molecule has 2 fully saturated rings. The van der Waals surface area contributed by atoms with Crippen molar-refractivity contribution in [2.45, 2.75) is 25.4 Å². The highest BCUT2D eigenvalue weighted by Gasteiger charge is 2.66. The van der Waals surface area contributed by atoms with Crippen molar-refractivity contribution in [2.75, 3.05) is 14.2 Å². The van der Waals surface area contributed by atoms with Crippen LogP contribution in [0.5, 0.6) is 0 Å². The van der Waals surface area contributed by atoms with E-state index in [4.69, 9.17) is 4.74 Å². The molecule has 1 aromatic carbocycles. The van der Waals surface area contributed by atoms with Gasteiger partial charge in [0.1, 0.15) is 5.54 Å². The first-order chi connectivity index (χ1) is 10.8. The number of esters is 1. The van der Waals surface area contributed by atoms with E-state index < -0.39 is 29.4 Å². The van der Waals surface area contributed by atoms with Crippen molar-refractivity contribution >= 4 is 17.8 Å². The maximum Gasteiger partial charge on any atom is 0.326 e. The van der Waals surface area contributed by atoms with E-state index in [1.807, 2.05) is 31.2 Å². The lowest BCUT2D eigenvalue weighted by Gasteiger charge is -2.28. The number of methoxy groups -OCH3 is 1. The van der Waals surface area contributed by atoms with E-state index in [1.54, 1.807) is 6.92 Å².